The van der Waals surface area contributed by atoms with Crippen LogP contribution in [0, 0.1) is 6.92 Å². The molecular weight excluding hydrogens is 456 g/mol. The minimum atomic E-state index is -0.260. The van der Waals surface area contributed by atoms with Crippen LogP contribution in [0.3, 0.4) is 0 Å². The number of amides is 2. The standard InChI is InChI=1S/C20H19BrN4O3S/c1-13-6-8-16(9-7-13)22-17(26)11-25(2)18(27)12-29-20-24-23-19(28-20)14-4-3-5-15(21)10-14/h3-10H,11-12H2,1-2H3,(H,22,26). The van der Waals surface area contributed by atoms with Crippen molar-refractivity contribution in [3.63, 3.8) is 0 Å². The number of nitrogens with zero attached hydrogens (tertiary/aromatic N) is 3. The van der Waals surface area contributed by atoms with E-state index >= 15 is 0 Å². The zero-order valence-electron chi connectivity index (χ0n) is 15.9. The molecule has 3 rings (SSSR count). The second-order valence-corrected chi connectivity index (χ2v) is 8.18. The number of benzene rings is 2. The van der Waals surface area contributed by atoms with Crippen molar-refractivity contribution in [2.24, 2.45) is 0 Å². The molecule has 0 spiro atoms. The van der Waals surface area contributed by atoms with E-state index in [1.807, 2.05) is 55.5 Å². The maximum absolute atomic E-state index is 12.3. The van der Waals surface area contributed by atoms with Crippen molar-refractivity contribution in [1.82, 2.24) is 15.1 Å². The zero-order chi connectivity index (χ0) is 20.8. The van der Waals surface area contributed by atoms with Crippen molar-refractivity contribution in [3.05, 3.63) is 58.6 Å². The van der Waals surface area contributed by atoms with Crippen LogP contribution in [-0.2, 0) is 9.59 Å². The van der Waals surface area contributed by atoms with E-state index in [9.17, 15) is 9.59 Å². The number of hydrogen-bond acceptors (Lipinski definition) is 6. The summed E-state index contributed by atoms with van der Waals surface area (Å²) in [5, 5.41) is 11.0. The lowest BCUT2D eigenvalue weighted by Crippen LogP contribution is -2.35. The SMILES string of the molecule is Cc1ccc(NC(=O)CN(C)C(=O)CSc2nnc(-c3cccc(Br)c3)o2)cc1. The smallest absolute Gasteiger partial charge is 0.277 e. The summed E-state index contributed by atoms with van der Waals surface area (Å²) >= 11 is 4.53. The Morgan fingerprint density at radius 2 is 1.93 bits per heavy atom. The molecule has 0 saturated carbocycles. The van der Waals surface area contributed by atoms with Gasteiger partial charge in [-0.05, 0) is 37.3 Å². The first-order valence-corrected chi connectivity index (χ1v) is 10.5. The number of likely N-dealkylation sites (N-methyl/N-ethyl adjacent to an activating group) is 1. The van der Waals surface area contributed by atoms with Gasteiger partial charge in [-0.2, -0.15) is 0 Å². The van der Waals surface area contributed by atoms with E-state index in [-0.39, 0.29) is 24.1 Å². The Bertz CT molecular complexity index is 1010. The first kappa shape index (κ1) is 21.1. The normalized spacial score (nSPS) is 10.6. The molecule has 29 heavy (non-hydrogen) atoms. The first-order chi connectivity index (χ1) is 13.9. The van der Waals surface area contributed by atoms with E-state index in [0.717, 1.165) is 27.4 Å². The number of anilines is 1. The fourth-order valence-electron chi connectivity index (χ4n) is 2.38. The molecule has 0 aliphatic heterocycles. The van der Waals surface area contributed by atoms with Gasteiger partial charge >= 0.3 is 0 Å². The summed E-state index contributed by atoms with van der Waals surface area (Å²) in [7, 11) is 1.58. The molecule has 0 bridgehead atoms. The summed E-state index contributed by atoms with van der Waals surface area (Å²) in [6.07, 6.45) is 0. The zero-order valence-corrected chi connectivity index (χ0v) is 18.3. The predicted octanol–water partition coefficient (Wildman–Crippen LogP) is 4.00. The van der Waals surface area contributed by atoms with Crippen molar-refractivity contribution in [3.8, 4) is 11.5 Å². The largest absolute Gasteiger partial charge is 0.411 e. The van der Waals surface area contributed by atoms with E-state index in [1.165, 1.54) is 4.90 Å². The van der Waals surface area contributed by atoms with E-state index < -0.39 is 0 Å². The number of halogens is 1. The van der Waals surface area contributed by atoms with Crippen LogP contribution in [0.5, 0.6) is 0 Å². The number of hydrogen-bond donors (Lipinski definition) is 1. The van der Waals surface area contributed by atoms with Gasteiger partial charge in [0.2, 0.25) is 17.7 Å². The fourth-order valence-corrected chi connectivity index (χ4v) is 3.48. The first-order valence-electron chi connectivity index (χ1n) is 8.73. The molecule has 2 amide bonds. The van der Waals surface area contributed by atoms with Gasteiger partial charge in [0.1, 0.15) is 0 Å². The second kappa shape index (κ2) is 9.71. The van der Waals surface area contributed by atoms with E-state index in [2.05, 4.69) is 31.4 Å². The van der Waals surface area contributed by atoms with Crippen LogP contribution in [0.4, 0.5) is 5.69 Å². The van der Waals surface area contributed by atoms with Crippen LogP contribution in [0.25, 0.3) is 11.5 Å². The lowest BCUT2D eigenvalue weighted by Gasteiger charge is -2.16. The van der Waals surface area contributed by atoms with E-state index in [4.69, 9.17) is 4.42 Å². The number of carbonyl (C=O) groups excluding carboxylic acids is 2. The van der Waals surface area contributed by atoms with E-state index in [0.29, 0.717) is 16.8 Å². The van der Waals surface area contributed by atoms with Crippen LogP contribution in [-0.4, -0.2) is 46.3 Å². The highest BCUT2D eigenvalue weighted by Crippen LogP contribution is 2.25. The Labute approximate surface area is 181 Å². The van der Waals surface area contributed by atoms with E-state index in [1.54, 1.807) is 7.05 Å². The number of nitrogens with one attached hydrogen (secondary N) is 1. The molecule has 1 aromatic heterocycles. The molecule has 0 fully saturated rings. The summed E-state index contributed by atoms with van der Waals surface area (Å²) < 4.78 is 6.50. The molecule has 150 valence electrons. The molecule has 0 aliphatic carbocycles. The number of rotatable bonds is 7. The van der Waals surface area contributed by atoms with Gasteiger partial charge in [-0.3, -0.25) is 9.59 Å². The maximum Gasteiger partial charge on any atom is 0.277 e. The van der Waals surface area contributed by atoms with Crippen molar-refractivity contribution in [2.45, 2.75) is 12.1 Å². The molecule has 0 unspecified atom stereocenters. The van der Waals surface area contributed by atoms with Crippen LogP contribution in [0.15, 0.2) is 62.6 Å². The number of aromatic nitrogens is 2. The summed E-state index contributed by atoms with van der Waals surface area (Å²) in [6, 6.07) is 15.0. The third-order valence-corrected chi connectivity index (χ3v) is 5.24. The monoisotopic (exact) mass is 474 g/mol. The van der Waals surface area contributed by atoms with Crippen LogP contribution >= 0.6 is 27.7 Å². The Morgan fingerprint density at radius 3 is 2.66 bits per heavy atom. The number of carbonyl (C=O) groups is 2. The van der Waals surface area contributed by atoms with Crippen molar-refractivity contribution in [1.29, 1.82) is 0 Å². The molecular formula is C20H19BrN4O3S. The van der Waals surface area contributed by atoms with Gasteiger partial charge < -0.3 is 14.6 Å². The molecule has 3 aromatic rings. The highest BCUT2D eigenvalue weighted by molar-refractivity contribution is 9.10. The second-order valence-electron chi connectivity index (χ2n) is 6.34. The van der Waals surface area contributed by atoms with Crippen molar-refractivity contribution < 1.29 is 14.0 Å². The van der Waals surface area contributed by atoms with Gasteiger partial charge in [0.25, 0.3) is 5.22 Å². The van der Waals surface area contributed by atoms with Crippen molar-refractivity contribution >= 4 is 45.2 Å². The van der Waals surface area contributed by atoms with Gasteiger partial charge in [0.15, 0.2) is 0 Å². The van der Waals surface area contributed by atoms with Crippen LogP contribution in [0.1, 0.15) is 5.56 Å². The van der Waals surface area contributed by atoms with Gasteiger partial charge in [0, 0.05) is 22.8 Å². The minimum absolute atomic E-state index is 0.0413. The van der Waals surface area contributed by atoms with Gasteiger partial charge in [-0.25, -0.2) is 0 Å². The average molecular weight is 475 g/mol. The van der Waals surface area contributed by atoms with Crippen LogP contribution in [0.2, 0.25) is 0 Å². The molecule has 0 radical (unpaired) electrons. The Balaban J connectivity index is 1.48. The highest BCUT2D eigenvalue weighted by atomic mass is 79.9. The predicted molar refractivity (Wildman–Crippen MR) is 116 cm³/mol. The third kappa shape index (κ3) is 6.16. The third-order valence-electron chi connectivity index (χ3n) is 3.94. The molecule has 1 heterocycles. The summed E-state index contributed by atoms with van der Waals surface area (Å²) in [6.45, 7) is 1.93. The lowest BCUT2D eigenvalue weighted by molar-refractivity contribution is -0.131. The number of aryl methyl sites for hydroxylation is 1. The molecule has 9 heteroatoms. The Kier molecular flexibility index (Phi) is 7.05. The lowest BCUT2D eigenvalue weighted by atomic mass is 10.2. The molecule has 7 nitrogen and oxygen atoms in total. The molecule has 0 aliphatic rings. The number of thioether (sulfide) groups is 1. The topological polar surface area (TPSA) is 88.3 Å². The quantitative estimate of drug-likeness (QED) is 0.520. The molecule has 2 aromatic carbocycles. The van der Waals surface area contributed by atoms with Crippen LogP contribution < -0.4 is 5.32 Å². The molecule has 0 atom stereocenters. The summed E-state index contributed by atoms with van der Waals surface area (Å²) in [5.74, 6) is 0.00167. The molecule has 1 N–H and O–H groups in total. The minimum Gasteiger partial charge on any atom is -0.411 e. The fraction of sp³-hybridized carbons (Fsp3) is 0.200. The Hall–Kier alpha value is -2.65. The van der Waals surface area contributed by atoms with Gasteiger partial charge in [0.05, 0.1) is 12.3 Å². The average Bonchev–Trinajstić information content (AvgIpc) is 3.17. The summed E-state index contributed by atoms with van der Waals surface area (Å²) in [4.78, 5) is 25.8. The highest BCUT2D eigenvalue weighted by Gasteiger charge is 2.16. The maximum atomic E-state index is 12.3. The molecule has 0 saturated heterocycles. The van der Waals surface area contributed by atoms with Gasteiger partial charge in [-0.1, -0.05) is 51.5 Å². The summed E-state index contributed by atoms with van der Waals surface area (Å²) in [5.41, 5.74) is 2.59. The van der Waals surface area contributed by atoms with Crippen molar-refractivity contribution in [2.75, 3.05) is 24.7 Å². The van der Waals surface area contributed by atoms with Gasteiger partial charge in [-0.15, -0.1) is 10.2 Å². The Morgan fingerprint density at radius 1 is 1.17 bits per heavy atom.